The third-order valence-electron chi connectivity index (χ3n) is 3.30. The summed E-state index contributed by atoms with van der Waals surface area (Å²) < 4.78 is 5.38. The van der Waals surface area contributed by atoms with Gasteiger partial charge in [0.2, 0.25) is 0 Å². The Kier molecular flexibility index (Phi) is 3.83. The first-order chi connectivity index (χ1) is 8.22. The molecule has 2 aliphatic rings. The van der Waals surface area contributed by atoms with E-state index in [4.69, 9.17) is 4.74 Å². The average molecular weight is 241 g/mol. The first-order valence-electron chi connectivity index (χ1n) is 6.09. The molecule has 6 nitrogen and oxygen atoms in total. The summed E-state index contributed by atoms with van der Waals surface area (Å²) in [6.07, 6.45) is 1.55. The quantitative estimate of drug-likeness (QED) is 0.682. The highest BCUT2D eigenvalue weighted by atomic mass is 16.5. The largest absolute Gasteiger partial charge is 0.368 e. The lowest BCUT2D eigenvalue weighted by Gasteiger charge is -2.35. The fourth-order valence-electron chi connectivity index (χ4n) is 2.26. The molecule has 0 aromatic heterocycles. The minimum absolute atomic E-state index is 0.0748. The van der Waals surface area contributed by atoms with E-state index in [0.717, 1.165) is 12.8 Å². The Hall–Kier alpha value is -1.30. The van der Waals surface area contributed by atoms with Crippen molar-refractivity contribution in [2.75, 3.05) is 39.8 Å². The molecule has 0 bridgehead atoms. The molecule has 3 amide bonds. The van der Waals surface area contributed by atoms with Crippen molar-refractivity contribution in [3.05, 3.63) is 0 Å². The maximum atomic E-state index is 12.0. The van der Waals surface area contributed by atoms with Crippen molar-refractivity contribution >= 4 is 11.9 Å². The monoisotopic (exact) mass is 241 g/mol. The van der Waals surface area contributed by atoms with Crippen LogP contribution < -0.4 is 5.32 Å². The van der Waals surface area contributed by atoms with Gasteiger partial charge in [-0.2, -0.15) is 0 Å². The van der Waals surface area contributed by atoms with Gasteiger partial charge in [0.05, 0.1) is 0 Å². The number of piperazine rings is 1. The second-order valence-corrected chi connectivity index (χ2v) is 4.37. The predicted molar refractivity (Wildman–Crippen MR) is 61.6 cm³/mol. The summed E-state index contributed by atoms with van der Waals surface area (Å²) in [5.41, 5.74) is 0. The zero-order chi connectivity index (χ0) is 12.3. The summed E-state index contributed by atoms with van der Waals surface area (Å²) in [5.74, 6) is 0.0825. The van der Waals surface area contributed by atoms with E-state index in [9.17, 15) is 9.59 Å². The first-order valence-corrected chi connectivity index (χ1v) is 6.09. The van der Waals surface area contributed by atoms with Crippen molar-refractivity contribution in [1.82, 2.24) is 15.1 Å². The molecule has 0 saturated carbocycles. The Labute approximate surface area is 101 Å². The molecule has 0 spiro atoms. The molecule has 1 N–H and O–H groups in total. The normalized spacial score (nSPS) is 24.9. The molecule has 2 heterocycles. The molecule has 1 atom stereocenters. The Balaban J connectivity index is 1.82. The summed E-state index contributed by atoms with van der Waals surface area (Å²) >= 11 is 0. The molecule has 0 aromatic rings. The smallest absolute Gasteiger partial charge is 0.317 e. The van der Waals surface area contributed by atoms with Crippen molar-refractivity contribution in [3.63, 3.8) is 0 Å². The van der Waals surface area contributed by atoms with Gasteiger partial charge in [0.1, 0.15) is 6.10 Å². The van der Waals surface area contributed by atoms with Gasteiger partial charge in [-0.3, -0.25) is 4.79 Å². The SMILES string of the molecule is CNC(=O)N1CCN(C(=O)C2CCCO2)CC1. The number of ether oxygens (including phenoxy) is 1. The molecular weight excluding hydrogens is 222 g/mol. The summed E-state index contributed by atoms with van der Waals surface area (Å²) in [5, 5.41) is 2.59. The summed E-state index contributed by atoms with van der Waals surface area (Å²) in [6, 6.07) is -0.0748. The van der Waals surface area contributed by atoms with Gasteiger partial charge in [0.25, 0.3) is 5.91 Å². The first kappa shape index (κ1) is 12.2. The molecule has 0 aromatic carbocycles. The molecule has 96 valence electrons. The lowest BCUT2D eigenvalue weighted by Crippen LogP contribution is -2.54. The third-order valence-corrected chi connectivity index (χ3v) is 3.30. The number of amides is 3. The minimum Gasteiger partial charge on any atom is -0.368 e. The van der Waals surface area contributed by atoms with Gasteiger partial charge in [-0.15, -0.1) is 0 Å². The predicted octanol–water partition coefficient (Wildman–Crippen LogP) is -0.351. The average Bonchev–Trinajstić information content (AvgIpc) is 2.91. The Morgan fingerprint density at radius 2 is 1.82 bits per heavy atom. The summed E-state index contributed by atoms with van der Waals surface area (Å²) in [6.45, 7) is 3.09. The van der Waals surface area contributed by atoms with Crippen molar-refractivity contribution in [3.8, 4) is 0 Å². The molecule has 0 aliphatic carbocycles. The molecule has 0 radical (unpaired) electrons. The maximum Gasteiger partial charge on any atom is 0.317 e. The van der Waals surface area contributed by atoms with Gasteiger partial charge in [-0.05, 0) is 12.8 Å². The van der Waals surface area contributed by atoms with Crippen molar-refractivity contribution in [1.29, 1.82) is 0 Å². The van der Waals surface area contributed by atoms with Crippen LogP contribution in [0, 0.1) is 0 Å². The summed E-state index contributed by atoms with van der Waals surface area (Å²) in [4.78, 5) is 26.9. The van der Waals surface area contributed by atoms with E-state index in [1.54, 1.807) is 16.8 Å². The van der Waals surface area contributed by atoms with Crippen LogP contribution in [0.2, 0.25) is 0 Å². The summed E-state index contributed by atoms with van der Waals surface area (Å²) in [7, 11) is 1.62. The van der Waals surface area contributed by atoms with Crippen LogP contribution in [-0.2, 0) is 9.53 Å². The Morgan fingerprint density at radius 3 is 2.35 bits per heavy atom. The Morgan fingerprint density at radius 1 is 1.18 bits per heavy atom. The number of urea groups is 1. The second-order valence-electron chi connectivity index (χ2n) is 4.37. The third kappa shape index (κ3) is 2.69. The molecule has 2 saturated heterocycles. The number of carbonyl (C=O) groups is 2. The van der Waals surface area contributed by atoms with Gasteiger partial charge >= 0.3 is 6.03 Å². The van der Waals surface area contributed by atoms with Crippen molar-refractivity contribution < 1.29 is 14.3 Å². The standard InChI is InChI=1S/C11H19N3O3/c1-12-11(16)14-6-4-13(5-7-14)10(15)9-3-2-8-17-9/h9H,2-8H2,1H3,(H,12,16). The Bertz CT molecular complexity index is 294. The van der Waals surface area contributed by atoms with E-state index >= 15 is 0 Å². The van der Waals surface area contributed by atoms with Crippen molar-refractivity contribution in [2.45, 2.75) is 18.9 Å². The zero-order valence-electron chi connectivity index (χ0n) is 10.1. The minimum atomic E-state index is -0.249. The van der Waals surface area contributed by atoms with Crippen LogP contribution in [0.5, 0.6) is 0 Å². The second kappa shape index (κ2) is 5.35. The lowest BCUT2D eigenvalue weighted by atomic mass is 10.2. The van der Waals surface area contributed by atoms with E-state index in [0.29, 0.717) is 32.8 Å². The molecule has 2 aliphatic heterocycles. The van der Waals surface area contributed by atoms with Crippen LogP contribution in [0.3, 0.4) is 0 Å². The molecule has 17 heavy (non-hydrogen) atoms. The van der Waals surface area contributed by atoms with Crippen LogP contribution in [-0.4, -0.2) is 67.7 Å². The molecule has 2 fully saturated rings. The highest BCUT2D eigenvalue weighted by Crippen LogP contribution is 2.15. The lowest BCUT2D eigenvalue weighted by molar-refractivity contribution is -0.142. The zero-order valence-corrected chi connectivity index (χ0v) is 10.1. The number of rotatable bonds is 1. The fraction of sp³-hybridized carbons (Fsp3) is 0.818. The fourth-order valence-corrected chi connectivity index (χ4v) is 2.26. The van der Waals surface area contributed by atoms with Crippen LogP contribution in [0.25, 0.3) is 0 Å². The van der Waals surface area contributed by atoms with E-state index in [1.165, 1.54) is 0 Å². The van der Waals surface area contributed by atoms with Crippen LogP contribution in [0.15, 0.2) is 0 Å². The maximum absolute atomic E-state index is 12.0. The topological polar surface area (TPSA) is 61.9 Å². The highest BCUT2D eigenvalue weighted by Gasteiger charge is 2.30. The van der Waals surface area contributed by atoms with Gasteiger partial charge in [-0.25, -0.2) is 4.79 Å². The number of carbonyl (C=O) groups excluding carboxylic acids is 2. The molecule has 2 rings (SSSR count). The number of hydrogen-bond donors (Lipinski definition) is 1. The van der Waals surface area contributed by atoms with Gasteiger partial charge < -0.3 is 19.9 Å². The van der Waals surface area contributed by atoms with E-state index in [2.05, 4.69) is 5.32 Å². The van der Waals surface area contributed by atoms with Gasteiger partial charge in [0.15, 0.2) is 0 Å². The number of hydrogen-bond acceptors (Lipinski definition) is 3. The number of nitrogens with zero attached hydrogens (tertiary/aromatic N) is 2. The molecule has 1 unspecified atom stereocenters. The van der Waals surface area contributed by atoms with Gasteiger partial charge in [-0.1, -0.05) is 0 Å². The van der Waals surface area contributed by atoms with Crippen LogP contribution in [0.1, 0.15) is 12.8 Å². The number of nitrogens with one attached hydrogen (secondary N) is 1. The van der Waals surface area contributed by atoms with Crippen molar-refractivity contribution in [2.24, 2.45) is 0 Å². The molecule has 6 heteroatoms. The van der Waals surface area contributed by atoms with Crippen LogP contribution in [0.4, 0.5) is 4.79 Å². The highest BCUT2D eigenvalue weighted by molar-refractivity contribution is 5.81. The van der Waals surface area contributed by atoms with E-state index < -0.39 is 0 Å². The van der Waals surface area contributed by atoms with E-state index in [1.807, 2.05) is 0 Å². The van der Waals surface area contributed by atoms with E-state index in [-0.39, 0.29) is 18.0 Å². The van der Waals surface area contributed by atoms with Gasteiger partial charge in [0, 0.05) is 39.8 Å². The van der Waals surface area contributed by atoms with Crippen LogP contribution >= 0.6 is 0 Å². The molecular formula is C11H19N3O3.